The summed E-state index contributed by atoms with van der Waals surface area (Å²) in [7, 11) is 0. The summed E-state index contributed by atoms with van der Waals surface area (Å²) in [5, 5.41) is 14.5. The first-order chi connectivity index (χ1) is 15.9. The van der Waals surface area contributed by atoms with Crippen LogP contribution in [0.1, 0.15) is 23.9 Å². The molecular weight excluding hydrogens is 447 g/mol. The van der Waals surface area contributed by atoms with Crippen molar-refractivity contribution in [2.75, 3.05) is 17.2 Å². The molecule has 1 aromatic carbocycles. The zero-order valence-electron chi connectivity index (χ0n) is 17.1. The van der Waals surface area contributed by atoms with Gasteiger partial charge in [0.2, 0.25) is 5.95 Å². The first-order valence-electron chi connectivity index (χ1n) is 9.91. The van der Waals surface area contributed by atoms with Crippen molar-refractivity contribution in [3.8, 4) is 11.8 Å². The van der Waals surface area contributed by atoms with Gasteiger partial charge in [0.1, 0.15) is 29.0 Å². The summed E-state index contributed by atoms with van der Waals surface area (Å²) in [6, 6.07) is 8.62. The van der Waals surface area contributed by atoms with E-state index in [0.717, 1.165) is 5.57 Å². The molecule has 0 unspecified atom stereocenters. The van der Waals surface area contributed by atoms with Crippen LogP contribution in [0.2, 0.25) is 5.02 Å². The van der Waals surface area contributed by atoms with E-state index in [1.165, 1.54) is 33.5 Å². The van der Waals surface area contributed by atoms with Crippen molar-refractivity contribution in [3.63, 3.8) is 0 Å². The average molecular weight is 463 g/mol. The molecule has 5 rings (SSSR count). The number of aromatic nitrogens is 5. The van der Waals surface area contributed by atoms with E-state index in [1.807, 2.05) is 0 Å². The predicted octanol–water partition coefficient (Wildman–Crippen LogP) is 3.03. The molecule has 0 radical (unpaired) electrons. The number of hydrogen-bond acceptors (Lipinski definition) is 7. The first-order valence-corrected chi connectivity index (χ1v) is 10.3. The van der Waals surface area contributed by atoms with Gasteiger partial charge in [-0.15, -0.1) is 0 Å². The molecule has 4 heterocycles. The normalized spacial score (nSPS) is 15.8. The SMILES string of the molecule is C=C1CCN(c2nc(N)ncc2C#N)[C@@H]1c1nn2ccc(Cl)c2c(=O)n1-c1cccc(F)c1. The molecule has 4 aromatic rings. The summed E-state index contributed by atoms with van der Waals surface area (Å²) in [6.07, 6.45) is 3.48. The maximum atomic E-state index is 14.1. The molecule has 2 N–H and O–H groups in total. The third-order valence-electron chi connectivity index (χ3n) is 5.53. The molecule has 0 aliphatic carbocycles. The number of nitriles is 1. The molecule has 1 saturated heterocycles. The smallest absolute Gasteiger partial charge is 0.284 e. The molecule has 1 aliphatic rings. The molecule has 164 valence electrons. The molecule has 0 bridgehead atoms. The van der Waals surface area contributed by atoms with Crippen LogP contribution in [0.15, 0.2) is 59.7 Å². The third-order valence-corrected chi connectivity index (χ3v) is 5.83. The van der Waals surface area contributed by atoms with Gasteiger partial charge < -0.3 is 10.6 Å². The van der Waals surface area contributed by atoms with Gasteiger partial charge in [0.15, 0.2) is 11.6 Å². The van der Waals surface area contributed by atoms with Crippen LogP contribution in [0.4, 0.5) is 16.2 Å². The van der Waals surface area contributed by atoms with Crippen molar-refractivity contribution < 1.29 is 4.39 Å². The Balaban J connectivity index is 1.81. The number of anilines is 2. The van der Waals surface area contributed by atoms with Crippen LogP contribution in [0.25, 0.3) is 11.2 Å². The summed E-state index contributed by atoms with van der Waals surface area (Å²) in [6.45, 7) is 4.63. The average Bonchev–Trinajstić information content (AvgIpc) is 3.36. The van der Waals surface area contributed by atoms with Gasteiger partial charge in [0.05, 0.1) is 16.9 Å². The molecule has 1 aliphatic heterocycles. The molecule has 0 saturated carbocycles. The number of nitrogens with two attached hydrogens (primary N) is 1. The lowest BCUT2D eigenvalue weighted by molar-refractivity contribution is 0.620. The number of nitrogen functional groups attached to an aromatic ring is 1. The minimum Gasteiger partial charge on any atom is -0.368 e. The maximum absolute atomic E-state index is 14.1. The highest BCUT2D eigenvalue weighted by Crippen LogP contribution is 2.39. The van der Waals surface area contributed by atoms with E-state index < -0.39 is 17.4 Å². The Morgan fingerprint density at radius 3 is 2.91 bits per heavy atom. The highest BCUT2D eigenvalue weighted by atomic mass is 35.5. The minimum absolute atomic E-state index is 0.00313. The van der Waals surface area contributed by atoms with E-state index in [9.17, 15) is 14.4 Å². The predicted molar refractivity (Wildman–Crippen MR) is 121 cm³/mol. The summed E-state index contributed by atoms with van der Waals surface area (Å²) in [4.78, 5) is 23.5. The first kappa shape index (κ1) is 20.7. The van der Waals surface area contributed by atoms with E-state index >= 15 is 0 Å². The third kappa shape index (κ3) is 3.30. The number of rotatable bonds is 3. The number of hydrogen-bond donors (Lipinski definition) is 1. The lowest BCUT2D eigenvalue weighted by Gasteiger charge is -2.28. The maximum Gasteiger partial charge on any atom is 0.284 e. The van der Waals surface area contributed by atoms with Crippen molar-refractivity contribution in [1.29, 1.82) is 5.26 Å². The summed E-state index contributed by atoms with van der Waals surface area (Å²) in [5.41, 5.74) is 6.72. The zero-order chi connectivity index (χ0) is 23.3. The van der Waals surface area contributed by atoms with Crippen LogP contribution in [-0.4, -0.2) is 30.7 Å². The van der Waals surface area contributed by atoms with Crippen LogP contribution >= 0.6 is 11.6 Å². The number of benzene rings is 1. The van der Waals surface area contributed by atoms with Crippen LogP contribution < -0.4 is 16.2 Å². The Labute approximate surface area is 191 Å². The van der Waals surface area contributed by atoms with Gasteiger partial charge in [-0.3, -0.25) is 9.36 Å². The van der Waals surface area contributed by atoms with E-state index in [4.69, 9.17) is 17.3 Å². The second kappa shape index (κ2) is 7.72. The number of fused-ring (bicyclic) bond motifs is 1. The van der Waals surface area contributed by atoms with Gasteiger partial charge in [-0.2, -0.15) is 15.3 Å². The highest BCUT2D eigenvalue weighted by Gasteiger charge is 2.36. The molecule has 1 atom stereocenters. The lowest BCUT2D eigenvalue weighted by atomic mass is 10.1. The second-order valence-electron chi connectivity index (χ2n) is 7.52. The van der Waals surface area contributed by atoms with Gasteiger partial charge in [0.25, 0.3) is 5.56 Å². The molecule has 11 heteroatoms. The lowest BCUT2D eigenvalue weighted by Crippen LogP contribution is -2.34. The van der Waals surface area contributed by atoms with E-state index in [0.29, 0.717) is 18.8 Å². The van der Waals surface area contributed by atoms with Gasteiger partial charge in [-0.05, 0) is 36.3 Å². The quantitative estimate of drug-likeness (QED) is 0.465. The van der Waals surface area contributed by atoms with Crippen molar-refractivity contribution in [2.45, 2.75) is 12.5 Å². The fraction of sp³-hybridized carbons (Fsp3) is 0.136. The van der Waals surface area contributed by atoms with Crippen molar-refractivity contribution in [1.82, 2.24) is 24.1 Å². The molecule has 33 heavy (non-hydrogen) atoms. The summed E-state index contributed by atoms with van der Waals surface area (Å²) >= 11 is 6.25. The molecule has 3 aromatic heterocycles. The number of nitrogens with zero attached hydrogens (tertiary/aromatic N) is 7. The van der Waals surface area contributed by atoms with E-state index in [2.05, 4.69) is 27.7 Å². The van der Waals surface area contributed by atoms with Crippen LogP contribution in [0.3, 0.4) is 0 Å². The van der Waals surface area contributed by atoms with Gasteiger partial charge in [0, 0.05) is 12.7 Å². The van der Waals surface area contributed by atoms with E-state index in [-0.39, 0.29) is 33.6 Å². The Morgan fingerprint density at radius 2 is 2.15 bits per heavy atom. The summed E-state index contributed by atoms with van der Waals surface area (Å²) in [5.74, 6) is 0.0702. The Morgan fingerprint density at radius 1 is 1.33 bits per heavy atom. The van der Waals surface area contributed by atoms with Gasteiger partial charge in [-0.25, -0.2) is 13.9 Å². The molecule has 0 spiro atoms. The van der Waals surface area contributed by atoms with Crippen molar-refractivity contribution in [3.05, 3.63) is 87.5 Å². The molecule has 1 fully saturated rings. The Hall–Kier alpha value is -4.23. The zero-order valence-corrected chi connectivity index (χ0v) is 17.9. The fourth-order valence-corrected chi connectivity index (χ4v) is 4.30. The number of halogens is 2. The molecular formula is C22H16ClFN8O. The van der Waals surface area contributed by atoms with Crippen LogP contribution in [0, 0.1) is 17.1 Å². The van der Waals surface area contributed by atoms with Crippen molar-refractivity contribution in [2.24, 2.45) is 0 Å². The second-order valence-corrected chi connectivity index (χ2v) is 7.92. The monoisotopic (exact) mass is 462 g/mol. The molecule has 9 nitrogen and oxygen atoms in total. The largest absolute Gasteiger partial charge is 0.368 e. The standard InChI is InChI=1S/C22H16ClFN8O/c1-12-5-7-30(19-13(10-25)11-27-22(26)28-19)17(12)20-29-31-8-6-16(23)18(31)21(33)32(20)15-4-2-3-14(24)9-15/h2-4,6,8-9,11,17H,1,5,7H2,(H2,26,27,28)/t17-/m0/s1. The van der Waals surface area contributed by atoms with Crippen molar-refractivity contribution >= 4 is 28.9 Å². The minimum atomic E-state index is -0.645. The van der Waals surface area contributed by atoms with Crippen LogP contribution in [0.5, 0.6) is 0 Å². The molecule has 0 amide bonds. The Kier molecular flexibility index (Phi) is 4.83. The van der Waals surface area contributed by atoms with Crippen LogP contribution in [-0.2, 0) is 0 Å². The summed E-state index contributed by atoms with van der Waals surface area (Å²) < 4.78 is 16.8. The van der Waals surface area contributed by atoms with Gasteiger partial charge in [-0.1, -0.05) is 24.2 Å². The fourth-order valence-electron chi connectivity index (χ4n) is 4.07. The van der Waals surface area contributed by atoms with E-state index in [1.54, 1.807) is 23.2 Å². The Bertz CT molecular complexity index is 1540. The highest BCUT2D eigenvalue weighted by molar-refractivity contribution is 6.33. The van der Waals surface area contributed by atoms with Gasteiger partial charge >= 0.3 is 0 Å². The topological polar surface area (TPSA) is 118 Å².